The van der Waals surface area contributed by atoms with E-state index in [1.54, 1.807) is 18.3 Å². The van der Waals surface area contributed by atoms with Gasteiger partial charge in [0.25, 0.3) is 5.91 Å². The highest BCUT2D eigenvalue weighted by molar-refractivity contribution is 5.83. The molecule has 0 bridgehead atoms. The molecule has 0 aliphatic carbocycles. The van der Waals surface area contributed by atoms with Gasteiger partial charge in [-0.2, -0.15) is 5.10 Å². The number of carbonyl (C=O) groups excluding carboxylic acids is 1. The number of fused-ring (bicyclic) bond motifs is 1. The standard InChI is InChI=1S/C20H22N2O4/c1-3-14(2)16-5-7-17(8-6-16)24-12-20(23)22-21-11-15-4-9-18-19(10-15)26-13-25-18/h4-11,14H,3,12-13H2,1-2H3,(H,22,23)/b21-11-/t14-/m1/s1. The first-order valence-corrected chi connectivity index (χ1v) is 8.60. The summed E-state index contributed by atoms with van der Waals surface area (Å²) in [5, 5.41) is 3.93. The van der Waals surface area contributed by atoms with Crippen molar-refractivity contribution in [2.75, 3.05) is 13.4 Å². The number of nitrogens with zero attached hydrogens (tertiary/aromatic N) is 1. The third-order valence-corrected chi connectivity index (χ3v) is 4.23. The number of rotatable bonds is 7. The van der Waals surface area contributed by atoms with Crippen LogP contribution in [0.2, 0.25) is 0 Å². The fourth-order valence-corrected chi connectivity index (χ4v) is 2.48. The normalized spacial score (nSPS) is 13.6. The van der Waals surface area contributed by atoms with Gasteiger partial charge in [-0.15, -0.1) is 0 Å². The van der Waals surface area contributed by atoms with Crippen LogP contribution < -0.4 is 19.6 Å². The second-order valence-electron chi connectivity index (χ2n) is 6.07. The highest BCUT2D eigenvalue weighted by Gasteiger charge is 2.12. The van der Waals surface area contributed by atoms with Crippen molar-refractivity contribution >= 4 is 12.1 Å². The van der Waals surface area contributed by atoms with Crippen molar-refractivity contribution in [1.82, 2.24) is 5.43 Å². The molecule has 26 heavy (non-hydrogen) atoms. The van der Waals surface area contributed by atoms with Gasteiger partial charge in [-0.05, 0) is 53.8 Å². The minimum Gasteiger partial charge on any atom is -0.484 e. The molecule has 1 amide bonds. The van der Waals surface area contributed by atoms with Gasteiger partial charge in [-0.25, -0.2) is 5.43 Å². The summed E-state index contributed by atoms with van der Waals surface area (Å²) in [7, 11) is 0. The van der Waals surface area contributed by atoms with Crippen LogP contribution >= 0.6 is 0 Å². The lowest BCUT2D eigenvalue weighted by atomic mass is 9.99. The second-order valence-corrected chi connectivity index (χ2v) is 6.07. The number of benzene rings is 2. The first kappa shape index (κ1) is 17.8. The molecule has 0 radical (unpaired) electrons. The average molecular weight is 354 g/mol. The minimum absolute atomic E-state index is 0.0961. The van der Waals surface area contributed by atoms with Gasteiger partial charge in [0.2, 0.25) is 6.79 Å². The molecule has 1 atom stereocenters. The third-order valence-electron chi connectivity index (χ3n) is 4.23. The summed E-state index contributed by atoms with van der Waals surface area (Å²) >= 11 is 0. The Kier molecular flexibility index (Phi) is 5.73. The molecule has 0 saturated carbocycles. The van der Waals surface area contributed by atoms with Gasteiger partial charge in [0.1, 0.15) is 5.75 Å². The molecular weight excluding hydrogens is 332 g/mol. The summed E-state index contributed by atoms with van der Waals surface area (Å²) < 4.78 is 16.0. The number of ether oxygens (including phenoxy) is 3. The lowest BCUT2D eigenvalue weighted by Gasteiger charge is -2.10. The fourth-order valence-electron chi connectivity index (χ4n) is 2.48. The molecule has 1 N–H and O–H groups in total. The Morgan fingerprint density at radius 1 is 1.23 bits per heavy atom. The first-order chi connectivity index (χ1) is 12.7. The van der Waals surface area contributed by atoms with Crippen LogP contribution in [-0.2, 0) is 4.79 Å². The molecule has 0 aromatic heterocycles. The summed E-state index contributed by atoms with van der Waals surface area (Å²) in [6, 6.07) is 13.2. The molecule has 0 fully saturated rings. The number of carbonyl (C=O) groups is 1. The van der Waals surface area contributed by atoms with Crippen LogP contribution in [0.3, 0.4) is 0 Å². The van der Waals surface area contributed by atoms with Gasteiger partial charge in [0, 0.05) is 0 Å². The van der Waals surface area contributed by atoms with Crippen LogP contribution in [0.25, 0.3) is 0 Å². The molecule has 6 nitrogen and oxygen atoms in total. The summed E-state index contributed by atoms with van der Waals surface area (Å²) in [5.74, 6) is 2.22. The smallest absolute Gasteiger partial charge is 0.277 e. The van der Waals surface area contributed by atoms with Gasteiger partial charge in [0.05, 0.1) is 6.21 Å². The van der Waals surface area contributed by atoms with E-state index in [4.69, 9.17) is 14.2 Å². The van der Waals surface area contributed by atoms with E-state index >= 15 is 0 Å². The van der Waals surface area contributed by atoms with E-state index in [2.05, 4.69) is 24.4 Å². The summed E-state index contributed by atoms with van der Waals surface area (Å²) in [4.78, 5) is 11.8. The SMILES string of the molecule is CC[C@@H](C)c1ccc(OCC(=O)N/N=C\c2ccc3c(c2)OCO3)cc1. The Balaban J connectivity index is 1.45. The van der Waals surface area contributed by atoms with E-state index in [0.717, 1.165) is 12.0 Å². The predicted octanol–water partition coefficient (Wildman–Crippen LogP) is 3.46. The van der Waals surface area contributed by atoms with Gasteiger partial charge in [0.15, 0.2) is 18.1 Å². The van der Waals surface area contributed by atoms with Gasteiger partial charge >= 0.3 is 0 Å². The van der Waals surface area contributed by atoms with Crippen molar-refractivity contribution in [3.8, 4) is 17.2 Å². The molecule has 1 aliphatic heterocycles. The summed E-state index contributed by atoms with van der Waals surface area (Å²) in [6.07, 6.45) is 2.63. The van der Waals surface area contributed by atoms with Crippen molar-refractivity contribution < 1.29 is 19.0 Å². The van der Waals surface area contributed by atoms with E-state index in [0.29, 0.717) is 23.2 Å². The van der Waals surface area contributed by atoms with Crippen molar-refractivity contribution in [2.24, 2.45) is 5.10 Å². The lowest BCUT2D eigenvalue weighted by molar-refractivity contribution is -0.123. The van der Waals surface area contributed by atoms with Crippen LogP contribution in [0.5, 0.6) is 17.2 Å². The topological polar surface area (TPSA) is 69.2 Å². The van der Waals surface area contributed by atoms with Crippen LogP contribution in [0.4, 0.5) is 0 Å². The Hall–Kier alpha value is -3.02. The van der Waals surface area contributed by atoms with E-state index in [-0.39, 0.29) is 19.3 Å². The highest BCUT2D eigenvalue weighted by atomic mass is 16.7. The number of amides is 1. The molecule has 1 aliphatic rings. The highest BCUT2D eigenvalue weighted by Crippen LogP contribution is 2.31. The number of hydrazone groups is 1. The lowest BCUT2D eigenvalue weighted by Crippen LogP contribution is -2.24. The van der Waals surface area contributed by atoms with Crippen LogP contribution in [0.1, 0.15) is 37.3 Å². The second kappa shape index (κ2) is 8.38. The largest absolute Gasteiger partial charge is 0.484 e. The molecule has 2 aromatic carbocycles. The van der Waals surface area contributed by atoms with E-state index < -0.39 is 0 Å². The van der Waals surface area contributed by atoms with E-state index in [1.165, 1.54) is 5.56 Å². The molecule has 0 saturated heterocycles. The molecule has 3 rings (SSSR count). The summed E-state index contributed by atoms with van der Waals surface area (Å²) in [5.41, 5.74) is 4.50. The fraction of sp³-hybridized carbons (Fsp3) is 0.300. The monoisotopic (exact) mass is 354 g/mol. The van der Waals surface area contributed by atoms with Crippen molar-refractivity contribution in [2.45, 2.75) is 26.2 Å². The van der Waals surface area contributed by atoms with E-state index in [9.17, 15) is 4.79 Å². The molecular formula is C20H22N2O4. The maximum Gasteiger partial charge on any atom is 0.277 e. The zero-order valence-corrected chi connectivity index (χ0v) is 14.9. The van der Waals surface area contributed by atoms with Gasteiger partial charge in [-0.3, -0.25) is 4.79 Å². The first-order valence-electron chi connectivity index (χ1n) is 8.60. The van der Waals surface area contributed by atoms with Crippen molar-refractivity contribution in [3.05, 3.63) is 53.6 Å². The van der Waals surface area contributed by atoms with Crippen molar-refractivity contribution in [3.63, 3.8) is 0 Å². The zero-order valence-electron chi connectivity index (χ0n) is 14.9. The molecule has 136 valence electrons. The molecule has 6 heteroatoms. The Morgan fingerprint density at radius 2 is 2.00 bits per heavy atom. The maximum absolute atomic E-state index is 11.8. The Bertz CT molecular complexity index is 787. The molecule has 1 heterocycles. The van der Waals surface area contributed by atoms with Gasteiger partial charge < -0.3 is 14.2 Å². The van der Waals surface area contributed by atoms with Crippen LogP contribution in [0.15, 0.2) is 47.6 Å². The minimum atomic E-state index is -0.326. The molecule has 2 aromatic rings. The Labute approximate surface area is 152 Å². The van der Waals surface area contributed by atoms with Crippen LogP contribution in [0, 0.1) is 0 Å². The number of hydrogen-bond acceptors (Lipinski definition) is 5. The number of nitrogens with one attached hydrogen (secondary N) is 1. The van der Waals surface area contributed by atoms with E-state index in [1.807, 2.05) is 30.3 Å². The summed E-state index contributed by atoms with van der Waals surface area (Å²) in [6.45, 7) is 4.47. The molecule has 0 unspecified atom stereocenters. The predicted molar refractivity (Wildman–Crippen MR) is 98.9 cm³/mol. The quantitative estimate of drug-likeness (QED) is 0.611. The maximum atomic E-state index is 11.8. The third kappa shape index (κ3) is 4.53. The van der Waals surface area contributed by atoms with Crippen LogP contribution in [-0.4, -0.2) is 25.5 Å². The van der Waals surface area contributed by atoms with Gasteiger partial charge in [-0.1, -0.05) is 26.0 Å². The van der Waals surface area contributed by atoms with Crippen molar-refractivity contribution in [1.29, 1.82) is 0 Å². The number of hydrogen-bond donors (Lipinski definition) is 1. The zero-order chi connectivity index (χ0) is 18.4. The molecule has 0 spiro atoms. The average Bonchev–Trinajstić information content (AvgIpc) is 3.14. The Morgan fingerprint density at radius 3 is 2.77 bits per heavy atom.